The van der Waals surface area contributed by atoms with Crippen LogP contribution < -0.4 is 4.74 Å². The quantitative estimate of drug-likeness (QED) is 0.166. The molecule has 3 aliphatic carbocycles. The Morgan fingerprint density at radius 1 is 0.935 bits per heavy atom. The number of sulfone groups is 1. The van der Waals surface area contributed by atoms with E-state index in [4.69, 9.17) is 4.74 Å². The fraction of sp³-hybridized carbons (Fsp3) is 0.657. The van der Waals surface area contributed by atoms with Gasteiger partial charge in [-0.1, -0.05) is 25.1 Å². The predicted molar refractivity (Wildman–Crippen MR) is 166 cm³/mol. The van der Waals surface area contributed by atoms with Crippen molar-refractivity contribution in [1.29, 1.82) is 0 Å². The molecule has 256 valence electrons. The second-order valence-corrected chi connectivity index (χ2v) is 16.2. The summed E-state index contributed by atoms with van der Waals surface area (Å²) in [6, 6.07) is 14.0. The first-order valence-electron chi connectivity index (χ1n) is 16.5. The second kappa shape index (κ2) is 13.6. The van der Waals surface area contributed by atoms with Gasteiger partial charge in [-0.25, -0.2) is 8.42 Å². The highest BCUT2D eigenvalue weighted by Gasteiger charge is 2.58. The summed E-state index contributed by atoms with van der Waals surface area (Å²) >= 11 is 0. The first-order valence-corrected chi connectivity index (χ1v) is 18.3. The molecular weight excluding hydrogens is 627 g/mol. The SMILES string of the molecule is C[C@]12C[C@H](c3ccc(OCCCCCS(=O)(=O)CCCC(F)(F)C(F)(F)F)cc3)[C@@H]3c4ccc(O)cc4CC[C@H]3[C@@H]1CC[C@@H]2CO. The average Bonchev–Trinajstić information content (AvgIpc) is 3.33. The monoisotopic (exact) mass is 672 g/mol. The third-order valence-corrected chi connectivity index (χ3v) is 13.0. The molecule has 2 fully saturated rings. The van der Waals surface area contributed by atoms with Gasteiger partial charge in [0.05, 0.1) is 18.1 Å². The Hall–Kier alpha value is -2.40. The normalized spacial score (nSPS) is 27.9. The minimum atomic E-state index is -5.68. The number of aryl methyl sites for hydroxylation is 1. The van der Waals surface area contributed by atoms with E-state index >= 15 is 0 Å². The zero-order valence-corrected chi connectivity index (χ0v) is 27.1. The molecule has 11 heteroatoms. The molecule has 0 spiro atoms. The van der Waals surface area contributed by atoms with E-state index in [1.807, 2.05) is 18.2 Å². The Bertz CT molecular complexity index is 1440. The number of hydrogen-bond donors (Lipinski definition) is 2. The molecule has 2 aromatic carbocycles. The van der Waals surface area contributed by atoms with Crippen LogP contribution >= 0.6 is 0 Å². The van der Waals surface area contributed by atoms with Crippen molar-refractivity contribution in [1.82, 2.24) is 0 Å². The zero-order valence-electron chi connectivity index (χ0n) is 26.2. The molecule has 0 heterocycles. The van der Waals surface area contributed by atoms with Crippen LogP contribution in [0.5, 0.6) is 11.5 Å². The highest BCUT2D eigenvalue weighted by Crippen LogP contribution is 2.66. The van der Waals surface area contributed by atoms with Gasteiger partial charge in [-0.15, -0.1) is 0 Å². The number of hydrogen-bond acceptors (Lipinski definition) is 5. The molecule has 6 atom stereocenters. The molecule has 2 N–H and O–H groups in total. The zero-order chi connectivity index (χ0) is 33.3. The van der Waals surface area contributed by atoms with Crippen LogP contribution in [-0.4, -0.2) is 55.4 Å². The smallest absolute Gasteiger partial charge is 0.453 e. The number of aliphatic hydroxyl groups is 1. The molecule has 0 unspecified atom stereocenters. The molecule has 5 rings (SSSR count). The number of unbranched alkanes of at least 4 members (excludes halogenated alkanes) is 2. The van der Waals surface area contributed by atoms with Gasteiger partial charge in [0.15, 0.2) is 0 Å². The van der Waals surface area contributed by atoms with Gasteiger partial charge in [0, 0.05) is 13.0 Å². The Morgan fingerprint density at radius 3 is 2.35 bits per heavy atom. The maximum atomic E-state index is 13.0. The summed E-state index contributed by atoms with van der Waals surface area (Å²) in [5.41, 5.74) is 3.84. The van der Waals surface area contributed by atoms with Crippen molar-refractivity contribution in [3.8, 4) is 11.5 Å². The van der Waals surface area contributed by atoms with Crippen LogP contribution in [-0.2, 0) is 16.3 Å². The van der Waals surface area contributed by atoms with E-state index in [0.29, 0.717) is 54.6 Å². The number of halogens is 5. The van der Waals surface area contributed by atoms with Crippen LogP contribution in [0, 0.1) is 23.2 Å². The first-order chi connectivity index (χ1) is 21.6. The molecule has 2 aromatic rings. The number of aromatic hydroxyl groups is 1. The molecule has 3 aliphatic rings. The number of alkyl halides is 5. The van der Waals surface area contributed by atoms with Crippen molar-refractivity contribution in [3.05, 3.63) is 59.2 Å². The fourth-order valence-corrected chi connectivity index (χ4v) is 10.2. The lowest BCUT2D eigenvalue weighted by atomic mass is 9.50. The minimum absolute atomic E-state index is 0.0613. The fourth-order valence-electron chi connectivity index (χ4n) is 8.78. The maximum Gasteiger partial charge on any atom is 0.453 e. The number of benzene rings is 2. The van der Waals surface area contributed by atoms with Crippen LogP contribution in [0.4, 0.5) is 22.0 Å². The van der Waals surface area contributed by atoms with Gasteiger partial charge in [-0.3, -0.25) is 0 Å². The summed E-state index contributed by atoms with van der Waals surface area (Å²) in [6.07, 6.45) is -1.39. The van der Waals surface area contributed by atoms with Crippen molar-refractivity contribution in [2.24, 2.45) is 23.2 Å². The van der Waals surface area contributed by atoms with Gasteiger partial charge in [-0.05, 0) is 134 Å². The van der Waals surface area contributed by atoms with E-state index in [1.54, 1.807) is 6.07 Å². The lowest BCUT2D eigenvalue weighted by Gasteiger charge is -2.54. The summed E-state index contributed by atoms with van der Waals surface area (Å²) in [5.74, 6) is -2.89. The van der Waals surface area contributed by atoms with Crippen LogP contribution in [0.2, 0.25) is 0 Å². The van der Waals surface area contributed by atoms with Crippen molar-refractivity contribution in [2.75, 3.05) is 24.7 Å². The second-order valence-electron chi connectivity index (χ2n) is 13.9. The summed E-state index contributed by atoms with van der Waals surface area (Å²) in [5, 5.41) is 20.4. The third kappa shape index (κ3) is 7.35. The summed E-state index contributed by atoms with van der Waals surface area (Å²) < 4.78 is 93.0. The standard InChI is InChI=1S/C35H45F5O5S/c1-33-21-30(32-28-14-10-26(42)20-24(28)8-13-29(32)31(33)15-9-25(33)22-41)23-6-11-27(12-7-23)45-17-3-2-4-18-46(43,44)19-5-16-34(36,37)35(38,39)40/h6-7,10-12,14,20,25,29-32,41-42H,2-5,8-9,13,15-19,21-22H2,1H3/t25-,29+,30-,31+,32-,33-/m1/s1. The van der Waals surface area contributed by atoms with Crippen LogP contribution in [0.3, 0.4) is 0 Å². The number of rotatable bonds is 13. The maximum absolute atomic E-state index is 13.0. The Labute approximate surface area is 268 Å². The number of phenolic OH excluding ortho intramolecular Hbond substituents is 1. The minimum Gasteiger partial charge on any atom is -0.508 e. The largest absolute Gasteiger partial charge is 0.508 e. The molecule has 0 bridgehead atoms. The molecule has 0 amide bonds. The number of fused-ring (bicyclic) bond motifs is 5. The van der Waals surface area contributed by atoms with E-state index < -0.39 is 40.5 Å². The topological polar surface area (TPSA) is 83.8 Å². The molecule has 0 aliphatic heterocycles. The average molecular weight is 673 g/mol. The van der Waals surface area contributed by atoms with E-state index in [1.165, 1.54) is 16.7 Å². The van der Waals surface area contributed by atoms with Crippen LogP contribution in [0.15, 0.2) is 42.5 Å². The Kier molecular flexibility index (Phi) is 10.3. The summed E-state index contributed by atoms with van der Waals surface area (Å²) in [4.78, 5) is 0. The number of aliphatic hydroxyl groups excluding tert-OH is 1. The van der Waals surface area contributed by atoms with E-state index in [9.17, 15) is 40.6 Å². The van der Waals surface area contributed by atoms with E-state index in [2.05, 4.69) is 25.1 Å². The molecule has 2 saturated carbocycles. The number of ether oxygens (including phenoxy) is 1. The van der Waals surface area contributed by atoms with Gasteiger partial charge in [0.2, 0.25) is 0 Å². The van der Waals surface area contributed by atoms with Crippen LogP contribution in [0.25, 0.3) is 0 Å². The van der Waals surface area contributed by atoms with Crippen LogP contribution in [0.1, 0.15) is 93.2 Å². The predicted octanol–water partition coefficient (Wildman–Crippen LogP) is 8.19. The Morgan fingerprint density at radius 2 is 1.65 bits per heavy atom. The molecule has 0 aromatic heterocycles. The molecule has 46 heavy (non-hydrogen) atoms. The highest BCUT2D eigenvalue weighted by atomic mass is 32.2. The van der Waals surface area contributed by atoms with E-state index in [-0.39, 0.29) is 30.1 Å². The highest BCUT2D eigenvalue weighted by molar-refractivity contribution is 7.91. The van der Waals surface area contributed by atoms with Crippen molar-refractivity contribution < 1.29 is 45.3 Å². The van der Waals surface area contributed by atoms with Gasteiger partial charge in [0.25, 0.3) is 0 Å². The Balaban J connectivity index is 1.15. The molecular formula is C35H45F5O5S. The van der Waals surface area contributed by atoms with Crippen molar-refractivity contribution in [2.45, 2.75) is 95.1 Å². The lowest BCUT2D eigenvalue weighted by Crippen LogP contribution is -2.46. The molecule has 5 nitrogen and oxygen atoms in total. The van der Waals surface area contributed by atoms with Gasteiger partial charge < -0.3 is 14.9 Å². The lowest BCUT2D eigenvalue weighted by molar-refractivity contribution is -0.284. The number of phenols is 1. The molecule has 0 saturated heterocycles. The molecule has 0 radical (unpaired) electrons. The van der Waals surface area contributed by atoms with Crippen molar-refractivity contribution >= 4 is 9.84 Å². The van der Waals surface area contributed by atoms with Gasteiger partial charge in [-0.2, -0.15) is 22.0 Å². The van der Waals surface area contributed by atoms with Gasteiger partial charge >= 0.3 is 12.1 Å². The third-order valence-electron chi connectivity index (χ3n) is 11.2. The van der Waals surface area contributed by atoms with E-state index in [0.717, 1.165) is 32.1 Å². The van der Waals surface area contributed by atoms with Crippen molar-refractivity contribution in [3.63, 3.8) is 0 Å². The first kappa shape index (κ1) is 34.9. The van der Waals surface area contributed by atoms with Gasteiger partial charge in [0.1, 0.15) is 21.3 Å². The summed E-state index contributed by atoms with van der Waals surface area (Å²) in [7, 11) is -3.72. The summed E-state index contributed by atoms with van der Waals surface area (Å²) in [6.45, 7) is 2.94.